The molecule has 4 heteroatoms. The van der Waals surface area contributed by atoms with E-state index in [9.17, 15) is 4.79 Å². The van der Waals surface area contributed by atoms with Gasteiger partial charge in [-0.15, -0.1) is 0 Å². The van der Waals surface area contributed by atoms with Crippen LogP contribution in [0, 0.1) is 0 Å². The first-order valence-corrected chi connectivity index (χ1v) is 6.76. The maximum Gasteiger partial charge on any atom is 0.230 e. The lowest BCUT2D eigenvalue weighted by atomic mass is 10.1. The number of amides is 1. The van der Waals surface area contributed by atoms with E-state index in [0.717, 1.165) is 13.1 Å². The van der Waals surface area contributed by atoms with Gasteiger partial charge in [0.1, 0.15) is 0 Å². The number of carbonyl (C=O) groups is 1. The Morgan fingerprint density at radius 3 is 3.06 bits per heavy atom. The van der Waals surface area contributed by atoms with Crippen LogP contribution < -0.4 is 10.6 Å². The second-order valence-electron chi connectivity index (χ2n) is 3.92. The number of carbonyl (C=O) groups excluding carboxylic acids is 1. The van der Waals surface area contributed by atoms with Crippen molar-refractivity contribution < 1.29 is 4.79 Å². The summed E-state index contributed by atoms with van der Waals surface area (Å²) >= 11 is 1.54. The Balaban J connectivity index is 1.93. The molecule has 2 N–H and O–H groups in total. The number of rotatable bonds is 4. The Morgan fingerprint density at radius 2 is 2.25 bits per heavy atom. The second kappa shape index (κ2) is 5.37. The molecule has 0 spiro atoms. The average Bonchev–Trinajstić information content (AvgIpc) is 2.74. The summed E-state index contributed by atoms with van der Waals surface area (Å²) in [7, 11) is 0. The Hall–Kier alpha value is -1.00. The molecule has 1 aliphatic rings. The minimum Gasteiger partial charge on any atom is -0.351 e. The third kappa shape index (κ3) is 2.77. The van der Waals surface area contributed by atoms with Gasteiger partial charge in [0, 0.05) is 19.6 Å². The first kappa shape index (κ1) is 11.5. The van der Waals surface area contributed by atoms with E-state index in [-0.39, 0.29) is 5.91 Å². The number of thioether (sulfide) groups is 1. The molecule has 1 aliphatic heterocycles. The van der Waals surface area contributed by atoms with Crippen LogP contribution in [0.5, 0.6) is 0 Å². The van der Waals surface area contributed by atoms with Crippen LogP contribution in [-0.2, 0) is 24.4 Å². The number of nitrogens with one attached hydrogen (secondary N) is 2. The molecular formula is C12H16N2OS. The van der Waals surface area contributed by atoms with Gasteiger partial charge in [0.05, 0.1) is 5.75 Å². The molecule has 0 fully saturated rings. The Morgan fingerprint density at radius 1 is 1.44 bits per heavy atom. The summed E-state index contributed by atoms with van der Waals surface area (Å²) in [6, 6.07) is 6.41. The maximum absolute atomic E-state index is 11.3. The average molecular weight is 236 g/mol. The Bertz CT molecular complexity index is 393. The van der Waals surface area contributed by atoms with Gasteiger partial charge < -0.3 is 10.6 Å². The number of fused-ring (bicyclic) bond motifs is 1. The van der Waals surface area contributed by atoms with Crippen molar-refractivity contribution in [3.63, 3.8) is 0 Å². The number of hydrogen-bond donors (Lipinski definition) is 2. The van der Waals surface area contributed by atoms with Crippen molar-refractivity contribution in [3.05, 3.63) is 34.9 Å². The fourth-order valence-corrected chi connectivity index (χ4v) is 2.21. The summed E-state index contributed by atoms with van der Waals surface area (Å²) in [5, 5.41) is 6.22. The van der Waals surface area contributed by atoms with Crippen LogP contribution in [-0.4, -0.2) is 17.9 Å². The summed E-state index contributed by atoms with van der Waals surface area (Å²) in [5.74, 6) is 0.637. The van der Waals surface area contributed by atoms with Gasteiger partial charge >= 0.3 is 0 Å². The third-order valence-corrected chi connectivity index (χ3v) is 3.22. The zero-order chi connectivity index (χ0) is 11.4. The maximum atomic E-state index is 11.3. The molecule has 3 nitrogen and oxygen atoms in total. The lowest BCUT2D eigenvalue weighted by Gasteiger charge is -2.06. The van der Waals surface area contributed by atoms with Gasteiger partial charge in [-0.1, -0.05) is 18.2 Å². The van der Waals surface area contributed by atoms with Crippen molar-refractivity contribution in [2.75, 3.05) is 12.0 Å². The first-order chi connectivity index (χ1) is 7.79. The Kier molecular flexibility index (Phi) is 3.85. The van der Waals surface area contributed by atoms with Gasteiger partial charge in [-0.25, -0.2) is 0 Å². The lowest BCUT2D eigenvalue weighted by molar-refractivity contribution is -0.118. The second-order valence-corrected chi connectivity index (χ2v) is 4.78. The van der Waals surface area contributed by atoms with E-state index in [1.54, 1.807) is 11.8 Å². The summed E-state index contributed by atoms with van der Waals surface area (Å²) in [6.45, 7) is 2.54. The topological polar surface area (TPSA) is 41.1 Å². The van der Waals surface area contributed by atoms with Gasteiger partial charge in [0.2, 0.25) is 5.91 Å². The van der Waals surface area contributed by atoms with Gasteiger partial charge in [-0.3, -0.25) is 4.79 Å². The summed E-state index contributed by atoms with van der Waals surface area (Å²) in [5.41, 5.74) is 3.91. The van der Waals surface area contributed by atoms with Crippen molar-refractivity contribution in [1.82, 2.24) is 10.6 Å². The van der Waals surface area contributed by atoms with E-state index in [1.165, 1.54) is 16.7 Å². The summed E-state index contributed by atoms with van der Waals surface area (Å²) in [4.78, 5) is 11.3. The van der Waals surface area contributed by atoms with Crippen LogP contribution in [0.3, 0.4) is 0 Å². The highest BCUT2D eigenvalue weighted by atomic mass is 32.2. The normalized spacial score (nSPS) is 13.6. The van der Waals surface area contributed by atoms with E-state index < -0.39 is 0 Å². The van der Waals surface area contributed by atoms with Crippen molar-refractivity contribution >= 4 is 17.7 Å². The van der Waals surface area contributed by atoms with Crippen molar-refractivity contribution in [1.29, 1.82) is 0 Å². The SMILES string of the molecule is CSCC(=O)NCc1ccc2c(c1)CNC2. The van der Waals surface area contributed by atoms with Gasteiger partial charge in [0.15, 0.2) is 0 Å². The molecule has 0 aromatic heterocycles. The molecule has 86 valence electrons. The minimum atomic E-state index is 0.103. The smallest absolute Gasteiger partial charge is 0.230 e. The van der Waals surface area contributed by atoms with Crippen LogP contribution in [0.2, 0.25) is 0 Å². The largest absolute Gasteiger partial charge is 0.351 e. The van der Waals surface area contributed by atoms with E-state index >= 15 is 0 Å². The highest BCUT2D eigenvalue weighted by Crippen LogP contribution is 2.16. The molecule has 0 aliphatic carbocycles. The monoisotopic (exact) mass is 236 g/mol. The molecule has 1 amide bonds. The molecule has 0 atom stereocenters. The molecule has 0 bridgehead atoms. The molecular weight excluding hydrogens is 220 g/mol. The van der Waals surface area contributed by atoms with Gasteiger partial charge in [-0.05, 0) is 22.9 Å². The highest BCUT2D eigenvalue weighted by Gasteiger charge is 2.10. The lowest BCUT2D eigenvalue weighted by Crippen LogP contribution is -2.24. The molecule has 0 radical (unpaired) electrons. The van der Waals surface area contributed by atoms with Gasteiger partial charge in [-0.2, -0.15) is 11.8 Å². The van der Waals surface area contributed by atoms with E-state index in [2.05, 4.69) is 28.8 Å². The van der Waals surface area contributed by atoms with E-state index in [1.807, 2.05) is 6.26 Å². The quantitative estimate of drug-likeness (QED) is 0.827. The predicted octanol–water partition coefficient (Wildman–Crippen LogP) is 1.27. The molecule has 1 aromatic rings. The standard InChI is InChI=1S/C12H16N2OS/c1-16-8-12(15)14-5-9-2-3-10-6-13-7-11(10)4-9/h2-4,13H,5-8H2,1H3,(H,14,15). The zero-order valence-corrected chi connectivity index (χ0v) is 10.2. The molecule has 0 unspecified atom stereocenters. The zero-order valence-electron chi connectivity index (χ0n) is 9.38. The van der Waals surface area contributed by atoms with Crippen molar-refractivity contribution in [2.45, 2.75) is 19.6 Å². The van der Waals surface area contributed by atoms with E-state index in [4.69, 9.17) is 0 Å². The number of hydrogen-bond acceptors (Lipinski definition) is 3. The predicted molar refractivity (Wildman–Crippen MR) is 67.2 cm³/mol. The van der Waals surface area contributed by atoms with Crippen LogP contribution in [0.15, 0.2) is 18.2 Å². The fraction of sp³-hybridized carbons (Fsp3) is 0.417. The Labute approximate surface area is 100.0 Å². The molecule has 1 heterocycles. The summed E-state index contributed by atoms with van der Waals surface area (Å²) < 4.78 is 0. The molecule has 0 saturated heterocycles. The van der Waals surface area contributed by atoms with Crippen molar-refractivity contribution in [2.24, 2.45) is 0 Å². The molecule has 1 aromatic carbocycles. The van der Waals surface area contributed by atoms with E-state index in [0.29, 0.717) is 12.3 Å². The van der Waals surface area contributed by atoms with Crippen LogP contribution in [0.25, 0.3) is 0 Å². The van der Waals surface area contributed by atoms with Crippen LogP contribution in [0.4, 0.5) is 0 Å². The fourth-order valence-electron chi connectivity index (χ4n) is 1.84. The molecule has 0 saturated carbocycles. The molecule has 2 rings (SSSR count). The summed E-state index contributed by atoms with van der Waals surface area (Å²) in [6.07, 6.45) is 1.93. The number of benzene rings is 1. The van der Waals surface area contributed by atoms with Crippen molar-refractivity contribution in [3.8, 4) is 0 Å². The van der Waals surface area contributed by atoms with Gasteiger partial charge in [0.25, 0.3) is 0 Å². The minimum absolute atomic E-state index is 0.103. The van der Waals surface area contributed by atoms with Crippen LogP contribution in [0.1, 0.15) is 16.7 Å². The van der Waals surface area contributed by atoms with Crippen LogP contribution >= 0.6 is 11.8 Å². The molecule has 16 heavy (non-hydrogen) atoms. The first-order valence-electron chi connectivity index (χ1n) is 5.36. The highest BCUT2D eigenvalue weighted by molar-refractivity contribution is 7.99. The third-order valence-electron chi connectivity index (χ3n) is 2.67.